The van der Waals surface area contributed by atoms with Gasteiger partial charge in [0.05, 0.1) is 6.26 Å². The van der Waals surface area contributed by atoms with E-state index in [0.29, 0.717) is 31.2 Å². The molecule has 1 aliphatic rings. The second-order valence-corrected chi connectivity index (χ2v) is 7.36. The van der Waals surface area contributed by atoms with Gasteiger partial charge >= 0.3 is 0 Å². The van der Waals surface area contributed by atoms with Crippen molar-refractivity contribution in [2.24, 2.45) is 5.73 Å². The standard InChI is InChI=1S/C14H21N3O3S/c1-21(19,20)17-7-5-13(6-8-17)16-10-11-3-2-4-12(9-11)14(15)18/h2-4,9,13,16H,5-8,10H2,1H3,(H2,15,18). The van der Waals surface area contributed by atoms with Crippen molar-refractivity contribution in [2.45, 2.75) is 25.4 Å². The number of sulfonamides is 1. The van der Waals surface area contributed by atoms with Crippen LogP contribution < -0.4 is 11.1 Å². The third-order valence-electron chi connectivity index (χ3n) is 3.73. The lowest BCUT2D eigenvalue weighted by Crippen LogP contribution is -2.44. The molecule has 0 spiro atoms. The van der Waals surface area contributed by atoms with Gasteiger partial charge < -0.3 is 11.1 Å². The zero-order chi connectivity index (χ0) is 15.5. The molecule has 0 radical (unpaired) electrons. The lowest BCUT2D eigenvalue weighted by atomic mass is 10.1. The summed E-state index contributed by atoms with van der Waals surface area (Å²) in [4.78, 5) is 11.1. The van der Waals surface area contributed by atoms with Crippen LogP contribution in [0.25, 0.3) is 0 Å². The third-order valence-corrected chi connectivity index (χ3v) is 5.03. The number of hydrogen-bond donors (Lipinski definition) is 2. The highest BCUT2D eigenvalue weighted by atomic mass is 32.2. The highest BCUT2D eigenvalue weighted by molar-refractivity contribution is 7.88. The maximum absolute atomic E-state index is 11.4. The van der Waals surface area contributed by atoms with Gasteiger partial charge in [-0.25, -0.2) is 12.7 Å². The average molecular weight is 311 g/mol. The van der Waals surface area contributed by atoms with Crippen LogP contribution in [0.15, 0.2) is 24.3 Å². The third kappa shape index (κ3) is 4.52. The van der Waals surface area contributed by atoms with Crippen LogP contribution in [0, 0.1) is 0 Å². The SMILES string of the molecule is CS(=O)(=O)N1CCC(NCc2cccc(C(N)=O)c2)CC1. The van der Waals surface area contributed by atoms with E-state index in [0.717, 1.165) is 18.4 Å². The Bertz CT molecular complexity index is 608. The number of rotatable bonds is 5. The molecule has 1 saturated heterocycles. The number of nitrogens with zero attached hydrogens (tertiary/aromatic N) is 1. The monoisotopic (exact) mass is 311 g/mol. The fraction of sp³-hybridized carbons (Fsp3) is 0.500. The van der Waals surface area contributed by atoms with Gasteiger partial charge in [-0.1, -0.05) is 12.1 Å². The van der Waals surface area contributed by atoms with E-state index in [-0.39, 0.29) is 0 Å². The Hall–Kier alpha value is -1.44. The van der Waals surface area contributed by atoms with E-state index in [9.17, 15) is 13.2 Å². The second-order valence-electron chi connectivity index (χ2n) is 5.38. The molecular weight excluding hydrogens is 290 g/mol. The molecule has 0 aromatic heterocycles. The Morgan fingerprint density at radius 3 is 2.62 bits per heavy atom. The number of nitrogens with two attached hydrogens (primary N) is 1. The van der Waals surface area contributed by atoms with E-state index >= 15 is 0 Å². The zero-order valence-corrected chi connectivity index (χ0v) is 12.9. The topological polar surface area (TPSA) is 92.5 Å². The van der Waals surface area contributed by atoms with E-state index in [1.165, 1.54) is 10.6 Å². The highest BCUT2D eigenvalue weighted by Crippen LogP contribution is 2.14. The molecule has 1 aliphatic heterocycles. The largest absolute Gasteiger partial charge is 0.366 e. The molecular formula is C14H21N3O3S. The lowest BCUT2D eigenvalue weighted by Gasteiger charge is -2.30. The molecule has 0 aliphatic carbocycles. The average Bonchev–Trinajstić information content (AvgIpc) is 2.45. The molecule has 1 aromatic carbocycles. The quantitative estimate of drug-likeness (QED) is 0.818. The summed E-state index contributed by atoms with van der Waals surface area (Å²) in [6.07, 6.45) is 2.83. The first-order valence-corrected chi connectivity index (χ1v) is 8.78. The summed E-state index contributed by atoms with van der Waals surface area (Å²) in [5.41, 5.74) is 6.75. The Labute approximate surface area is 125 Å². The molecule has 2 rings (SSSR count). The summed E-state index contributed by atoms with van der Waals surface area (Å²) in [6.45, 7) is 1.75. The van der Waals surface area contributed by atoms with Gasteiger partial charge in [-0.05, 0) is 30.5 Å². The first kappa shape index (κ1) is 15.9. The van der Waals surface area contributed by atoms with Crippen LogP contribution in [-0.4, -0.2) is 44.0 Å². The summed E-state index contributed by atoms with van der Waals surface area (Å²) in [7, 11) is -3.08. The van der Waals surface area contributed by atoms with Crippen LogP contribution in [0.4, 0.5) is 0 Å². The van der Waals surface area contributed by atoms with Gasteiger partial charge in [-0.2, -0.15) is 0 Å². The maximum Gasteiger partial charge on any atom is 0.248 e. The first-order chi connectivity index (χ1) is 9.86. The number of benzene rings is 1. The summed E-state index contributed by atoms with van der Waals surface area (Å²) >= 11 is 0. The van der Waals surface area contributed by atoms with Crippen LogP contribution in [0.5, 0.6) is 0 Å². The van der Waals surface area contributed by atoms with E-state index in [1.54, 1.807) is 12.1 Å². The van der Waals surface area contributed by atoms with Crippen molar-refractivity contribution in [3.8, 4) is 0 Å². The van der Waals surface area contributed by atoms with E-state index in [1.807, 2.05) is 12.1 Å². The number of primary amides is 1. The van der Waals surface area contributed by atoms with E-state index < -0.39 is 15.9 Å². The lowest BCUT2D eigenvalue weighted by molar-refractivity contribution is 0.1000. The van der Waals surface area contributed by atoms with Gasteiger partial charge in [0.15, 0.2) is 0 Å². The van der Waals surface area contributed by atoms with Crippen LogP contribution in [0.2, 0.25) is 0 Å². The van der Waals surface area contributed by atoms with Crippen LogP contribution in [-0.2, 0) is 16.6 Å². The molecule has 21 heavy (non-hydrogen) atoms. The van der Waals surface area contributed by atoms with E-state index in [2.05, 4.69) is 5.32 Å². The second kappa shape index (κ2) is 6.55. The fourth-order valence-corrected chi connectivity index (χ4v) is 3.36. The maximum atomic E-state index is 11.4. The number of amides is 1. The van der Waals surface area contributed by atoms with Crippen molar-refractivity contribution in [3.05, 3.63) is 35.4 Å². The van der Waals surface area contributed by atoms with Crippen molar-refractivity contribution < 1.29 is 13.2 Å². The van der Waals surface area contributed by atoms with Crippen molar-refractivity contribution in [1.29, 1.82) is 0 Å². The predicted octanol–water partition coefficient (Wildman–Crippen LogP) is 0.299. The number of nitrogens with one attached hydrogen (secondary N) is 1. The van der Waals surface area contributed by atoms with Crippen LogP contribution >= 0.6 is 0 Å². The fourth-order valence-electron chi connectivity index (χ4n) is 2.49. The minimum atomic E-state index is -3.08. The molecule has 1 heterocycles. The Morgan fingerprint density at radius 1 is 1.38 bits per heavy atom. The molecule has 116 valence electrons. The summed E-state index contributed by atoms with van der Waals surface area (Å²) < 4.78 is 24.4. The van der Waals surface area contributed by atoms with Crippen molar-refractivity contribution in [1.82, 2.24) is 9.62 Å². The molecule has 0 atom stereocenters. The molecule has 0 unspecified atom stereocenters. The molecule has 0 saturated carbocycles. The minimum absolute atomic E-state index is 0.292. The van der Waals surface area contributed by atoms with Gasteiger partial charge in [0.25, 0.3) is 0 Å². The molecule has 1 aromatic rings. The number of piperidine rings is 1. The number of hydrogen-bond acceptors (Lipinski definition) is 4. The van der Waals surface area contributed by atoms with Crippen LogP contribution in [0.3, 0.4) is 0 Å². The summed E-state index contributed by atoms with van der Waals surface area (Å²) in [5, 5.41) is 3.40. The van der Waals surface area contributed by atoms with Crippen molar-refractivity contribution in [3.63, 3.8) is 0 Å². The zero-order valence-electron chi connectivity index (χ0n) is 12.1. The number of carbonyl (C=O) groups excluding carboxylic acids is 1. The normalized spacial score (nSPS) is 17.8. The van der Waals surface area contributed by atoms with Crippen molar-refractivity contribution >= 4 is 15.9 Å². The molecule has 1 fully saturated rings. The summed E-state index contributed by atoms with van der Waals surface area (Å²) in [5.74, 6) is -0.432. The summed E-state index contributed by atoms with van der Waals surface area (Å²) in [6, 6.07) is 7.51. The number of carbonyl (C=O) groups is 1. The molecule has 3 N–H and O–H groups in total. The first-order valence-electron chi connectivity index (χ1n) is 6.93. The molecule has 1 amide bonds. The van der Waals surface area contributed by atoms with Gasteiger partial charge in [0.2, 0.25) is 15.9 Å². The Kier molecular flexibility index (Phi) is 4.97. The highest BCUT2D eigenvalue weighted by Gasteiger charge is 2.24. The molecule has 0 bridgehead atoms. The van der Waals surface area contributed by atoms with Crippen LogP contribution in [0.1, 0.15) is 28.8 Å². The molecule has 6 nitrogen and oxygen atoms in total. The Balaban J connectivity index is 1.85. The van der Waals surface area contributed by atoms with Crippen molar-refractivity contribution in [2.75, 3.05) is 19.3 Å². The van der Waals surface area contributed by atoms with E-state index in [4.69, 9.17) is 5.73 Å². The Morgan fingerprint density at radius 2 is 2.05 bits per heavy atom. The molecule has 7 heteroatoms. The van der Waals surface area contributed by atoms with Gasteiger partial charge in [-0.15, -0.1) is 0 Å². The minimum Gasteiger partial charge on any atom is -0.366 e. The predicted molar refractivity (Wildman–Crippen MR) is 81.2 cm³/mol. The van der Waals surface area contributed by atoms with Gasteiger partial charge in [-0.3, -0.25) is 4.79 Å². The smallest absolute Gasteiger partial charge is 0.248 e. The van der Waals surface area contributed by atoms with Gasteiger partial charge in [0, 0.05) is 31.2 Å². The van der Waals surface area contributed by atoms with Gasteiger partial charge in [0.1, 0.15) is 0 Å².